The summed E-state index contributed by atoms with van der Waals surface area (Å²) in [5.74, 6) is -11.5. The van der Waals surface area contributed by atoms with Crippen LogP contribution in [-0.4, -0.2) is 0 Å². The molecule has 0 saturated carbocycles. The average molecular weight is 1180 g/mol. The molecule has 0 aromatic heterocycles. The molecule has 0 heterocycles. The number of hydrogen-bond donors (Lipinski definition) is 0. The minimum atomic E-state index is -1.51. The minimum absolute atomic E-state index is 0.705. The normalized spacial score (nSPS) is 28.0. The summed E-state index contributed by atoms with van der Waals surface area (Å²) in [6.45, 7) is 14.0. The van der Waals surface area contributed by atoms with Gasteiger partial charge in [0.25, 0.3) is 0 Å². The first-order valence-corrected chi connectivity index (χ1v) is 29.7. The maximum atomic E-state index is 16.6. The van der Waals surface area contributed by atoms with Crippen LogP contribution in [0.1, 0.15) is 99.9 Å². The zero-order chi connectivity index (χ0) is 62.1. The van der Waals surface area contributed by atoms with Crippen LogP contribution in [0.4, 0.5) is 35.1 Å². The Kier molecular flexibility index (Phi) is 13.4. The van der Waals surface area contributed by atoms with Gasteiger partial charge in [-0.05, 0) is 122 Å². The summed E-state index contributed by atoms with van der Waals surface area (Å²) in [6, 6.07) is 48.1. The lowest BCUT2D eigenvalue weighted by atomic mass is 9.68. The molecule has 88 heavy (non-hydrogen) atoms. The van der Waals surface area contributed by atoms with E-state index in [1.165, 1.54) is 0 Å². The van der Waals surface area contributed by atoms with Crippen LogP contribution in [-0.2, 0) is 43.3 Å². The quantitative estimate of drug-likeness (QED) is 0.0806. The van der Waals surface area contributed by atoms with Gasteiger partial charge < -0.3 is 0 Å². The highest BCUT2D eigenvalue weighted by Gasteiger charge is 2.45. The van der Waals surface area contributed by atoms with E-state index >= 15 is 35.1 Å². The molecule has 24 bridgehead atoms. The molecule has 440 valence electrons. The molecule has 0 aliphatic heterocycles. The van der Waals surface area contributed by atoms with E-state index in [2.05, 4.69) is 0 Å². The van der Waals surface area contributed by atoms with E-state index in [9.17, 15) is 0 Å². The standard InChI is InChI=1S/C80H64F8/c1-73-33-41-77(5,42-34-73)61-65(81)67(83)62(68(84)66(61)82)78(6)43-35-74(2,36-44-78)59-29-21-55(22-30-59)51-13-15-52(16-14-51)56-23-31-60(32-24-56)76(4)39-47-80(8,48-40-76)64-71(87)69(85)63(70(86)72(64)88)79(7)45-37-75(3,38-46-79)58-27-19-54(20-28-58)50-11-9-49(10-12-50)53-17-25-57(73)26-18-53/h9-48H,1-8H3. The molecular formula is C80H64F8. The predicted molar refractivity (Wildman–Crippen MR) is 339 cm³/mol. The van der Waals surface area contributed by atoms with E-state index in [0.717, 1.165) is 66.8 Å². The molecule has 0 saturated heterocycles. The highest BCUT2D eigenvalue weighted by atomic mass is 19.2. The fourth-order valence-corrected chi connectivity index (χ4v) is 13.6. The molecule has 0 unspecified atom stereocenters. The summed E-state index contributed by atoms with van der Waals surface area (Å²) >= 11 is 0. The first-order chi connectivity index (χ1) is 41.7. The predicted octanol–water partition coefficient (Wildman–Crippen LogP) is 21.1. The van der Waals surface area contributed by atoms with Crippen LogP contribution in [0.2, 0.25) is 0 Å². The smallest absolute Gasteiger partial charge is 0.166 e. The van der Waals surface area contributed by atoms with Crippen molar-refractivity contribution in [3.05, 3.63) is 334 Å². The topological polar surface area (TPSA) is 0 Å². The molecule has 0 N–H and O–H groups in total. The van der Waals surface area contributed by atoms with Crippen LogP contribution in [0.15, 0.2) is 243 Å². The number of allylic oxidation sites excluding steroid dienone is 16. The molecule has 0 fully saturated rings. The van der Waals surface area contributed by atoms with Crippen LogP contribution in [0, 0.1) is 46.5 Å². The van der Waals surface area contributed by atoms with Gasteiger partial charge in [0.1, 0.15) is 0 Å². The first-order valence-electron chi connectivity index (χ1n) is 29.7. The molecule has 31 rings (SSSR count). The van der Waals surface area contributed by atoms with E-state index in [1.54, 1.807) is 76.3 Å². The van der Waals surface area contributed by atoms with Gasteiger partial charge in [-0.15, -0.1) is 0 Å². The van der Waals surface area contributed by atoms with Gasteiger partial charge in [-0.1, -0.05) is 243 Å². The summed E-state index contributed by atoms with van der Waals surface area (Å²) in [7, 11) is 0. The highest BCUT2D eigenvalue weighted by molar-refractivity contribution is 5.73. The molecule has 0 nitrogen and oxygen atoms in total. The van der Waals surface area contributed by atoms with Crippen LogP contribution < -0.4 is 0 Å². The van der Waals surface area contributed by atoms with Crippen molar-refractivity contribution < 1.29 is 35.1 Å². The average Bonchev–Trinajstić information content (AvgIpc) is 0.886. The third-order valence-corrected chi connectivity index (χ3v) is 20.0. The number of halogens is 8. The van der Waals surface area contributed by atoms with Gasteiger partial charge >= 0.3 is 0 Å². The molecule has 8 aromatic rings. The van der Waals surface area contributed by atoms with Gasteiger partial charge in [0.05, 0.1) is 0 Å². The molecule has 23 aliphatic rings. The third-order valence-electron chi connectivity index (χ3n) is 20.0. The van der Waals surface area contributed by atoms with Crippen molar-refractivity contribution in [2.24, 2.45) is 0 Å². The first kappa shape index (κ1) is 58.2. The second-order valence-corrected chi connectivity index (χ2v) is 26.4. The largest absolute Gasteiger partial charge is 0.203 e. The van der Waals surface area contributed by atoms with Gasteiger partial charge in [0.2, 0.25) is 0 Å². The SMILES string of the molecule is CC12C=CC(C)(C=C1)c1c(F)c(F)c(c(F)c1F)C1(C)C=CC(C)(C=C1)c1ccc(cc1)-c1ccc(cc1)-c1ccc(cc1)C1(C)C=CC(C)(C=C1)c1c(F)c(F)c(c(F)c1F)C1(C)C=CC(C)(C=C1)c1ccc(cc1)-c1ccc(cc1)-c1ccc2cc1. The Morgan fingerprint density at radius 3 is 0.386 bits per heavy atom. The van der Waals surface area contributed by atoms with E-state index in [1.807, 2.05) is 222 Å². The third kappa shape index (κ3) is 9.31. The Labute approximate surface area is 509 Å². The van der Waals surface area contributed by atoms with Crippen LogP contribution in [0.25, 0.3) is 44.5 Å². The van der Waals surface area contributed by atoms with Gasteiger partial charge in [-0.2, -0.15) is 0 Å². The summed E-state index contributed by atoms with van der Waals surface area (Å²) in [6.07, 6.45) is 27.4. The molecule has 8 heteroatoms. The lowest BCUT2D eigenvalue weighted by Crippen LogP contribution is -2.32. The van der Waals surface area contributed by atoms with Gasteiger partial charge in [0.15, 0.2) is 46.5 Å². The Hall–Kier alpha value is -8.88. The molecule has 8 aromatic carbocycles. The second kappa shape index (κ2) is 20.3. The van der Waals surface area contributed by atoms with E-state index in [4.69, 9.17) is 0 Å². The number of rotatable bonds is 0. The molecule has 0 radical (unpaired) electrons. The lowest BCUT2D eigenvalue weighted by molar-refractivity contribution is 0.399. The maximum absolute atomic E-state index is 16.6. The molecular weight excluding hydrogens is 1110 g/mol. The summed E-state index contributed by atoms with van der Waals surface area (Å²) in [5, 5.41) is 0. The zero-order valence-electron chi connectivity index (χ0n) is 50.1. The van der Waals surface area contributed by atoms with Crippen molar-refractivity contribution in [3.8, 4) is 44.5 Å². The minimum Gasteiger partial charge on any atom is -0.203 e. The molecule has 23 aliphatic carbocycles. The second-order valence-electron chi connectivity index (χ2n) is 26.4. The van der Waals surface area contributed by atoms with Crippen molar-refractivity contribution in [1.29, 1.82) is 0 Å². The van der Waals surface area contributed by atoms with Gasteiger partial charge in [-0.3, -0.25) is 0 Å². The molecule has 0 amide bonds. The fourth-order valence-electron chi connectivity index (χ4n) is 13.6. The Morgan fingerprint density at radius 1 is 0.159 bits per heavy atom. The van der Waals surface area contributed by atoms with E-state index in [0.29, 0.717) is 0 Å². The Morgan fingerprint density at radius 2 is 0.261 bits per heavy atom. The van der Waals surface area contributed by atoms with Gasteiger partial charge in [-0.25, -0.2) is 35.1 Å². The summed E-state index contributed by atoms with van der Waals surface area (Å²) < 4.78 is 133. The van der Waals surface area contributed by atoms with Crippen molar-refractivity contribution in [2.45, 2.75) is 98.7 Å². The highest BCUT2D eigenvalue weighted by Crippen LogP contribution is 2.49. The van der Waals surface area contributed by atoms with Crippen molar-refractivity contribution in [1.82, 2.24) is 0 Å². The van der Waals surface area contributed by atoms with E-state index in [-0.39, 0.29) is 0 Å². The van der Waals surface area contributed by atoms with Crippen LogP contribution in [0.5, 0.6) is 0 Å². The Balaban J connectivity index is 0.830. The maximum Gasteiger partial charge on any atom is 0.166 e. The lowest BCUT2D eigenvalue weighted by Gasteiger charge is -2.36. The zero-order valence-corrected chi connectivity index (χ0v) is 50.1. The number of hydrogen-bond acceptors (Lipinski definition) is 0. The van der Waals surface area contributed by atoms with Crippen molar-refractivity contribution in [2.75, 3.05) is 0 Å². The van der Waals surface area contributed by atoms with Crippen LogP contribution >= 0.6 is 0 Å². The molecule has 0 spiro atoms. The van der Waals surface area contributed by atoms with Gasteiger partial charge in [0, 0.05) is 65.6 Å². The van der Waals surface area contributed by atoms with Crippen molar-refractivity contribution >= 4 is 0 Å². The van der Waals surface area contributed by atoms with Crippen LogP contribution in [0.3, 0.4) is 0 Å². The summed E-state index contributed by atoms with van der Waals surface area (Å²) in [4.78, 5) is 0. The van der Waals surface area contributed by atoms with E-state index < -0.39 is 112 Å². The molecule has 0 atom stereocenters. The fraction of sp³-hybridized carbons (Fsp3) is 0.200. The number of benzene rings is 8. The monoisotopic (exact) mass is 1180 g/mol. The van der Waals surface area contributed by atoms with Crippen molar-refractivity contribution in [3.63, 3.8) is 0 Å². The summed E-state index contributed by atoms with van der Waals surface area (Å²) in [5.41, 5.74) is -0.491. The Bertz CT molecular complexity index is 3730.